The molecule has 3 rings (SSSR count). The fourth-order valence-corrected chi connectivity index (χ4v) is 3.36. The number of likely N-dealkylation sites (N-methyl/N-ethyl adjacent to an activating group) is 1. The molecule has 0 spiro atoms. The number of hydrogen-bond donors (Lipinski definition) is 2. The van der Waals surface area contributed by atoms with E-state index in [2.05, 4.69) is 15.5 Å². The van der Waals surface area contributed by atoms with Crippen molar-refractivity contribution in [2.75, 3.05) is 45.2 Å². The number of rotatable bonds is 5. The van der Waals surface area contributed by atoms with Crippen LogP contribution >= 0.6 is 12.2 Å². The van der Waals surface area contributed by atoms with E-state index in [1.54, 1.807) is 36.4 Å². The Hall–Kier alpha value is -2.97. The van der Waals surface area contributed by atoms with Crippen molar-refractivity contribution in [2.24, 2.45) is 0 Å². The third-order valence-electron chi connectivity index (χ3n) is 4.85. The van der Waals surface area contributed by atoms with Crippen LogP contribution in [0.3, 0.4) is 0 Å². The molecule has 0 aliphatic carbocycles. The molecular formula is C22H26N4O3S. The number of nitrogens with zero attached hydrogens (tertiary/aromatic N) is 2. The number of hydrogen-bond acceptors (Lipinski definition) is 5. The van der Waals surface area contributed by atoms with Gasteiger partial charge >= 0.3 is 0 Å². The molecule has 2 amide bonds. The summed E-state index contributed by atoms with van der Waals surface area (Å²) in [5, 5.41) is 5.78. The molecule has 2 aromatic carbocycles. The van der Waals surface area contributed by atoms with Crippen molar-refractivity contribution in [3.8, 4) is 5.75 Å². The summed E-state index contributed by atoms with van der Waals surface area (Å²) in [6, 6.07) is 14.0. The molecule has 1 aliphatic heterocycles. The van der Waals surface area contributed by atoms with Crippen molar-refractivity contribution in [3.05, 3.63) is 59.7 Å². The molecule has 0 unspecified atom stereocenters. The van der Waals surface area contributed by atoms with Crippen molar-refractivity contribution < 1.29 is 14.3 Å². The van der Waals surface area contributed by atoms with Gasteiger partial charge in [0.25, 0.3) is 11.8 Å². The van der Waals surface area contributed by atoms with Crippen molar-refractivity contribution >= 4 is 34.8 Å². The average Bonchev–Trinajstić information content (AvgIpc) is 2.75. The monoisotopic (exact) mass is 426 g/mol. The first-order valence-corrected chi connectivity index (χ1v) is 10.3. The minimum atomic E-state index is -0.335. The topological polar surface area (TPSA) is 73.9 Å². The van der Waals surface area contributed by atoms with Gasteiger partial charge in [-0.3, -0.25) is 14.9 Å². The second kappa shape index (κ2) is 10.2. The summed E-state index contributed by atoms with van der Waals surface area (Å²) in [6.07, 6.45) is 0. The number of piperazine rings is 1. The first-order chi connectivity index (χ1) is 14.5. The molecule has 0 atom stereocenters. The van der Waals surface area contributed by atoms with E-state index in [9.17, 15) is 9.59 Å². The van der Waals surface area contributed by atoms with Crippen molar-refractivity contribution in [1.82, 2.24) is 15.1 Å². The highest BCUT2D eigenvalue weighted by molar-refractivity contribution is 7.80. The molecule has 2 aromatic rings. The molecule has 1 heterocycles. The van der Waals surface area contributed by atoms with Crippen LogP contribution in [0.2, 0.25) is 0 Å². The maximum atomic E-state index is 13.0. The summed E-state index contributed by atoms with van der Waals surface area (Å²) < 4.78 is 5.38. The predicted octanol–water partition coefficient (Wildman–Crippen LogP) is 2.60. The number of carbonyl (C=O) groups excluding carboxylic acids is 2. The van der Waals surface area contributed by atoms with Crippen LogP contribution in [0.5, 0.6) is 5.75 Å². The maximum Gasteiger partial charge on any atom is 0.257 e. The van der Waals surface area contributed by atoms with Gasteiger partial charge in [0.2, 0.25) is 0 Å². The molecule has 1 saturated heterocycles. The lowest BCUT2D eigenvalue weighted by atomic mass is 10.1. The Labute approximate surface area is 182 Å². The van der Waals surface area contributed by atoms with Crippen LogP contribution in [-0.4, -0.2) is 66.6 Å². The van der Waals surface area contributed by atoms with Crippen LogP contribution in [0.25, 0.3) is 0 Å². The summed E-state index contributed by atoms with van der Waals surface area (Å²) in [6.45, 7) is 5.52. The molecule has 158 valence electrons. The predicted molar refractivity (Wildman–Crippen MR) is 121 cm³/mol. The van der Waals surface area contributed by atoms with E-state index in [0.29, 0.717) is 42.3 Å². The largest absolute Gasteiger partial charge is 0.494 e. The minimum Gasteiger partial charge on any atom is -0.494 e. The molecule has 2 N–H and O–H groups in total. The summed E-state index contributed by atoms with van der Waals surface area (Å²) in [5.74, 6) is 0.316. The van der Waals surface area contributed by atoms with Crippen molar-refractivity contribution in [3.63, 3.8) is 0 Å². The third kappa shape index (κ3) is 5.55. The Morgan fingerprint density at radius 2 is 1.70 bits per heavy atom. The van der Waals surface area contributed by atoms with E-state index in [-0.39, 0.29) is 16.9 Å². The lowest BCUT2D eigenvalue weighted by Gasteiger charge is -2.32. The second-order valence-corrected chi connectivity index (χ2v) is 7.41. The molecule has 8 heteroatoms. The SMILES string of the molecule is CCOc1ccc(C(=O)NC(=S)Nc2ccccc2C(=O)N2CCN(C)CC2)cc1. The van der Waals surface area contributed by atoms with Gasteiger partial charge in [0.1, 0.15) is 5.75 Å². The third-order valence-corrected chi connectivity index (χ3v) is 5.05. The van der Waals surface area contributed by atoms with Gasteiger partial charge in [0.15, 0.2) is 5.11 Å². The molecule has 0 saturated carbocycles. The zero-order chi connectivity index (χ0) is 21.5. The standard InChI is InChI=1S/C22H26N4O3S/c1-3-29-17-10-8-16(9-11-17)20(27)24-22(30)23-19-7-5-4-6-18(19)21(28)26-14-12-25(2)13-15-26/h4-11H,3,12-15H2,1-2H3,(H2,23,24,27,30). The van der Waals surface area contributed by atoms with Gasteiger partial charge in [-0.05, 0) is 62.6 Å². The van der Waals surface area contributed by atoms with E-state index in [4.69, 9.17) is 17.0 Å². The number of para-hydroxylation sites is 1. The van der Waals surface area contributed by atoms with Gasteiger partial charge in [-0.15, -0.1) is 0 Å². The van der Waals surface area contributed by atoms with Gasteiger partial charge < -0.3 is 19.9 Å². The molecule has 7 nitrogen and oxygen atoms in total. The quantitative estimate of drug-likeness (QED) is 0.716. The van der Waals surface area contributed by atoms with Gasteiger partial charge in [-0.1, -0.05) is 12.1 Å². The zero-order valence-electron chi connectivity index (χ0n) is 17.2. The highest BCUT2D eigenvalue weighted by Gasteiger charge is 2.22. The lowest BCUT2D eigenvalue weighted by Crippen LogP contribution is -2.47. The van der Waals surface area contributed by atoms with Crippen LogP contribution in [0.4, 0.5) is 5.69 Å². The van der Waals surface area contributed by atoms with Crippen LogP contribution in [0.1, 0.15) is 27.6 Å². The first kappa shape index (κ1) is 21.7. The van der Waals surface area contributed by atoms with E-state index in [0.717, 1.165) is 13.1 Å². The Bertz CT molecular complexity index is 909. The van der Waals surface area contributed by atoms with Crippen LogP contribution in [-0.2, 0) is 0 Å². The first-order valence-electron chi connectivity index (χ1n) is 9.90. The van der Waals surface area contributed by atoms with Gasteiger partial charge in [0, 0.05) is 31.7 Å². The number of benzene rings is 2. The number of nitrogens with one attached hydrogen (secondary N) is 2. The highest BCUT2D eigenvalue weighted by atomic mass is 32.1. The van der Waals surface area contributed by atoms with E-state index in [1.807, 2.05) is 31.0 Å². The summed E-state index contributed by atoms with van der Waals surface area (Å²) in [4.78, 5) is 29.4. The van der Waals surface area contributed by atoms with E-state index in [1.165, 1.54) is 0 Å². The fraction of sp³-hybridized carbons (Fsp3) is 0.318. The number of ether oxygens (including phenoxy) is 1. The van der Waals surface area contributed by atoms with Crippen LogP contribution in [0, 0.1) is 0 Å². The number of amides is 2. The van der Waals surface area contributed by atoms with Crippen molar-refractivity contribution in [2.45, 2.75) is 6.92 Å². The average molecular weight is 427 g/mol. The minimum absolute atomic E-state index is 0.0492. The number of carbonyl (C=O) groups is 2. The molecular weight excluding hydrogens is 400 g/mol. The Morgan fingerprint density at radius 3 is 2.37 bits per heavy atom. The number of anilines is 1. The van der Waals surface area contributed by atoms with Gasteiger partial charge in [-0.2, -0.15) is 0 Å². The van der Waals surface area contributed by atoms with E-state index < -0.39 is 0 Å². The highest BCUT2D eigenvalue weighted by Crippen LogP contribution is 2.18. The summed E-state index contributed by atoms with van der Waals surface area (Å²) in [7, 11) is 2.04. The molecule has 30 heavy (non-hydrogen) atoms. The maximum absolute atomic E-state index is 13.0. The van der Waals surface area contributed by atoms with Crippen LogP contribution in [0.15, 0.2) is 48.5 Å². The van der Waals surface area contributed by atoms with Gasteiger partial charge in [-0.25, -0.2) is 0 Å². The number of thiocarbonyl (C=S) groups is 1. The summed E-state index contributed by atoms with van der Waals surface area (Å²) in [5.41, 5.74) is 1.56. The normalized spacial score (nSPS) is 14.1. The lowest BCUT2D eigenvalue weighted by molar-refractivity contribution is 0.0665. The molecule has 0 aromatic heterocycles. The summed E-state index contributed by atoms with van der Waals surface area (Å²) >= 11 is 5.30. The fourth-order valence-electron chi connectivity index (χ4n) is 3.16. The Morgan fingerprint density at radius 1 is 1.03 bits per heavy atom. The van der Waals surface area contributed by atoms with Crippen LogP contribution < -0.4 is 15.4 Å². The van der Waals surface area contributed by atoms with E-state index >= 15 is 0 Å². The molecule has 1 fully saturated rings. The molecule has 1 aliphatic rings. The Kier molecular flexibility index (Phi) is 7.37. The second-order valence-electron chi connectivity index (χ2n) is 7.01. The smallest absolute Gasteiger partial charge is 0.257 e. The molecule has 0 radical (unpaired) electrons. The Balaban J connectivity index is 1.64. The molecule has 0 bridgehead atoms. The van der Waals surface area contributed by atoms with Crippen molar-refractivity contribution in [1.29, 1.82) is 0 Å². The van der Waals surface area contributed by atoms with Gasteiger partial charge in [0.05, 0.1) is 17.9 Å². The zero-order valence-corrected chi connectivity index (χ0v) is 18.0.